The van der Waals surface area contributed by atoms with Crippen LogP contribution >= 0.6 is 0 Å². The van der Waals surface area contributed by atoms with Crippen molar-refractivity contribution in [1.29, 1.82) is 0 Å². The number of nitrogens with one attached hydrogen (secondary N) is 1. The molecule has 154 valence electrons. The van der Waals surface area contributed by atoms with E-state index >= 15 is 0 Å². The minimum atomic E-state index is -1.49. The summed E-state index contributed by atoms with van der Waals surface area (Å²) >= 11 is 0. The first-order valence-corrected chi connectivity index (χ1v) is 11.3. The number of carbonyl (C=O) groups is 1. The standard InChI is InChI=1S/C26H21NO3S/c1-2-17-6-8-18(9-7-17)21-4-3-5-23-22(21)14-15-24(23)30-20-12-10-19(11-13-20)25-16-26(28)27-31(25)29/h2-13,16,24H,1,14-15H2,(H,27,28)/t24-,31?/m1/s1. The van der Waals surface area contributed by atoms with Gasteiger partial charge in [-0.1, -0.05) is 67.3 Å². The van der Waals surface area contributed by atoms with Crippen LogP contribution in [0.4, 0.5) is 0 Å². The van der Waals surface area contributed by atoms with E-state index in [9.17, 15) is 9.00 Å². The third kappa shape index (κ3) is 3.73. The van der Waals surface area contributed by atoms with Crippen molar-refractivity contribution >= 4 is 27.9 Å². The van der Waals surface area contributed by atoms with Crippen LogP contribution in [0.3, 0.4) is 0 Å². The summed E-state index contributed by atoms with van der Waals surface area (Å²) in [5.41, 5.74) is 6.88. The summed E-state index contributed by atoms with van der Waals surface area (Å²) in [5.74, 6) is 0.428. The number of hydrogen-bond donors (Lipinski definition) is 1. The Bertz CT molecular complexity index is 1230. The molecule has 2 aliphatic rings. The Kier molecular flexibility index (Phi) is 5.04. The molecule has 0 bridgehead atoms. The highest BCUT2D eigenvalue weighted by molar-refractivity contribution is 7.93. The Morgan fingerprint density at radius 2 is 1.74 bits per heavy atom. The summed E-state index contributed by atoms with van der Waals surface area (Å²) in [6, 6.07) is 22.3. The second kappa shape index (κ2) is 8.00. The zero-order chi connectivity index (χ0) is 21.4. The van der Waals surface area contributed by atoms with Gasteiger partial charge in [-0.25, -0.2) is 4.21 Å². The molecule has 0 saturated heterocycles. The Hall–Kier alpha value is -3.44. The van der Waals surface area contributed by atoms with Crippen LogP contribution in [-0.4, -0.2) is 10.1 Å². The minimum Gasteiger partial charge on any atom is -0.486 e. The summed E-state index contributed by atoms with van der Waals surface area (Å²) in [6.45, 7) is 3.82. The zero-order valence-electron chi connectivity index (χ0n) is 16.8. The van der Waals surface area contributed by atoms with E-state index in [1.54, 1.807) is 0 Å². The maximum atomic E-state index is 11.9. The van der Waals surface area contributed by atoms with E-state index in [1.165, 1.54) is 28.3 Å². The van der Waals surface area contributed by atoms with E-state index in [2.05, 4.69) is 53.8 Å². The molecule has 5 heteroatoms. The lowest BCUT2D eigenvalue weighted by Gasteiger charge is -2.16. The van der Waals surface area contributed by atoms with Crippen molar-refractivity contribution in [3.8, 4) is 16.9 Å². The first-order chi connectivity index (χ1) is 15.1. The molecule has 1 N–H and O–H groups in total. The average Bonchev–Trinajstić information content (AvgIpc) is 3.36. The molecule has 1 amide bonds. The maximum Gasteiger partial charge on any atom is 0.257 e. The Morgan fingerprint density at radius 3 is 2.42 bits per heavy atom. The molecular formula is C26H21NO3S. The van der Waals surface area contributed by atoms with Gasteiger partial charge in [0.2, 0.25) is 0 Å². The molecule has 0 fully saturated rings. The van der Waals surface area contributed by atoms with Crippen molar-refractivity contribution < 1.29 is 13.7 Å². The molecule has 4 nitrogen and oxygen atoms in total. The van der Waals surface area contributed by atoms with Gasteiger partial charge < -0.3 is 4.74 Å². The lowest BCUT2D eigenvalue weighted by atomic mass is 9.96. The summed E-state index contributed by atoms with van der Waals surface area (Å²) in [4.78, 5) is 11.9. The van der Waals surface area contributed by atoms with Crippen molar-refractivity contribution in [2.24, 2.45) is 0 Å². The molecule has 0 aromatic heterocycles. The van der Waals surface area contributed by atoms with Gasteiger partial charge in [-0.05, 0) is 58.4 Å². The van der Waals surface area contributed by atoms with Crippen LogP contribution in [0.2, 0.25) is 0 Å². The highest BCUT2D eigenvalue weighted by Gasteiger charge is 2.27. The summed E-state index contributed by atoms with van der Waals surface area (Å²) in [7, 11) is -1.49. The molecule has 0 radical (unpaired) electrons. The van der Waals surface area contributed by atoms with Crippen LogP contribution in [0.25, 0.3) is 22.1 Å². The molecule has 0 spiro atoms. The van der Waals surface area contributed by atoms with Crippen LogP contribution in [0.15, 0.2) is 79.4 Å². The highest BCUT2D eigenvalue weighted by atomic mass is 32.2. The normalized spacial score (nSPS) is 19.5. The predicted octanol–water partition coefficient (Wildman–Crippen LogP) is 5.20. The molecule has 1 aliphatic heterocycles. The number of benzene rings is 3. The van der Waals surface area contributed by atoms with Crippen molar-refractivity contribution in [2.45, 2.75) is 18.9 Å². The van der Waals surface area contributed by atoms with Gasteiger partial charge in [-0.3, -0.25) is 9.52 Å². The quantitative estimate of drug-likeness (QED) is 0.609. The predicted molar refractivity (Wildman–Crippen MR) is 124 cm³/mol. The smallest absolute Gasteiger partial charge is 0.257 e. The van der Waals surface area contributed by atoms with E-state index in [0.717, 1.165) is 29.7 Å². The highest BCUT2D eigenvalue weighted by Crippen LogP contribution is 2.40. The van der Waals surface area contributed by atoms with Crippen LogP contribution in [0.1, 0.15) is 34.8 Å². The van der Waals surface area contributed by atoms with Gasteiger partial charge in [0.25, 0.3) is 5.91 Å². The Labute approximate surface area is 183 Å². The topological polar surface area (TPSA) is 55.4 Å². The van der Waals surface area contributed by atoms with E-state index in [0.29, 0.717) is 4.91 Å². The van der Waals surface area contributed by atoms with Gasteiger partial charge in [0.1, 0.15) is 11.9 Å². The molecule has 1 aliphatic carbocycles. The van der Waals surface area contributed by atoms with E-state index < -0.39 is 11.0 Å². The number of hydrogen-bond acceptors (Lipinski definition) is 3. The summed E-state index contributed by atoms with van der Waals surface area (Å²) in [5, 5.41) is 0. The van der Waals surface area contributed by atoms with Crippen LogP contribution < -0.4 is 9.46 Å². The van der Waals surface area contributed by atoms with E-state index in [-0.39, 0.29) is 12.0 Å². The number of carbonyl (C=O) groups excluding carboxylic acids is 1. The van der Waals surface area contributed by atoms with Gasteiger partial charge in [-0.2, -0.15) is 0 Å². The molecule has 3 aromatic rings. The SMILES string of the molecule is C=Cc1ccc(-c2cccc3c2CC[C@H]3Oc2ccc(C3=CC(=O)NS3=O)cc2)cc1. The molecular weight excluding hydrogens is 406 g/mol. The zero-order valence-corrected chi connectivity index (χ0v) is 17.7. The lowest BCUT2D eigenvalue weighted by Crippen LogP contribution is -2.16. The summed E-state index contributed by atoms with van der Waals surface area (Å²) in [6.07, 6.45) is 5.12. The van der Waals surface area contributed by atoms with Gasteiger partial charge in [0.05, 0.1) is 4.91 Å². The second-order valence-corrected chi connectivity index (χ2v) is 8.79. The van der Waals surface area contributed by atoms with Crippen molar-refractivity contribution in [3.05, 3.63) is 102 Å². The minimum absolute atomic E-state index is 0.00341. The van der Waals surface area contributed by atoms with Gasteiger partial charge in [0.15, 0.2) is 11.0 Å². The van der Waals surface area contributed by atoms with Gasteiger partial charge in [0, 0.05) is 6.08 Å². The fourth-order valence-electron chi connectivity index (χ4n) is 4.21. The molecule has 1 unspecified atom stereocenters. The summed E-state index contributed by atoms with van der Waals surface area (Å²) < 4.78 is 20.6. The number of ether oxygens (including phenoxy) is 1. The maximum absolute atomic E-state index is 11.9. The van der Waals surface area contributed by atoms with E-state index in [4.69, 9.17) is 4.74 Å². The monoisotopic (exact) mass is 427 g/mol. The molecule has 3 aromatic carbocycles. The molecule has 5 rings (SSSR count). The Morgan fingerprint density at radius 1 is 1.00 bits per heavy atom. The van der Waals surface area contributed by atoms with Crippen molar-refractivity contribution in [2.75, 3.05) is 0 Å². The molecule has 0 saturated carbocycles. The molecule has 2 atom stereocenters. The number of amides is 1. The molecule has 31 heavy (non-hydrogen) atoms. The first-order valence-electron chi connectivity index (χ1n) is 10.2. The van der Waals surface area contributed by atoms with E-state index in [1.807, 2.05) is 30.3 Å². The fraction of sp³-hybridized carbons (Fsp3) is 0.115. The second-order valence-electron chi connectivity index (χ2n) is 7.61. The average molecular weight is 428 g/mol. The van der Waals surface area contributed by atoms with Crippen LogP contribution in [-0.2, 0) is 22.2 Å². The lowest BCUT2D eigenvalue weighted by molar-refractivity contribution is -0.114. The third-order valence-corrected chi connectivity index (χ3v) is 6.89. The number of rotatable bonds is 5. The van der Waals surface area contributed by atoms with Crippen molar-refractivity contribution in [1.82, 2.24) is 4.72 Å². The molecule has 1 heterocycles. The van der Waals surface area contributed by atoms with Crippen LogP contribution in [0.5, 0.6) is 5.75 Å². The van der Waals surface area contributed by atoms with Gasteiger partial charge >= 0.3 is 0 Å². The first kappa shape index (κ1) is 19.5. The Balaban J connectivity index is 1.37. The van der Waals surface area contributed by atoms with Gasteiger partial charge in [-0.15, -0.1) is 0 Å². The van der Waals surface area contributed by atoms with Crippen molar-refractivity contribution in [3.63, 3.8) is 0 Å². The fourth-order valence-corrected chi connectivity index (χ4v) is 5.12. The van der Waals surface area contributed by atoms with Crippen LogP contribution in [0, 0.1) is 0 Å². The third-order valence-electron chi connectivity index (χ3n) is 5.75. The number of fused-ring (bicyclic) bond motifs is 1. The largest absolute Gasteiger partial charge is 0.486 e.